The molecule has 0 aromatic rings. The summed E-state index contributed by atoms with van der Waals surface area (Å²) in [5.41, 5.74) is -0.429. The van der Waals surface area contributed by atoms with Crippen LogP contribution in [0.25, 0.3) is 0 Å². The summed E-state index contributed by atoms with van der Waals surface area (Å²) in [6, 6.07) is 0. The molecule has 1 aliphatic heterocycles. The first-order chi connectivity index (χ1) is 8.10. The lowest BCUT2D eigenvalue weighted by Crippen LogP contribution is -2.53. The second-order valence-electron chi connectivity index (χ2n) is 6.00. The summed E-state index contributed by atoms with van der Waals surface area (Å²) in [4.78, 5) is 12.2. The van der Waals surface area contributed by atoms with Crippen molar-refractivity contribution >= 4 is 5.97 Å². The Balaban J connectivity index is 1.83. The quantitative estimate of drug-likeness (QED) is 0.753. The van der Waals surface area contributed by atoms with E-state index in [2.05, 4.69) is 12.2 Å². The van der Waals surface area contributed by atoms with Crippen LogP contribution in [-0.2, 0) is 9.53 Å². The van der Waals surface area contributed by atoms with E-state index in [1.54, 1.807) is 0 Å². The van der Waals surface area contributed by atoms with Crippen LogP contribution in [0.2, 0.25) is 0 Å². The Morgan fingerprint density at radius 3 is 2.53 bits per heavy atom. The van der Waals surface area contributed by atoms with Crippen molar-refractivity contribution in [2.75, 3.05) is 6.54 Å². The molecule has 0 radical (unpaired) electrons. The third kappa shape index (κ3) is 3.21. The molecule has 1 saturated carbocycles. The Morgan fingerprint density at radius 2 is 1.94 bits per heavy atom. The molecule has 2 rings (SSSR count). The number of rotatable bonds is 2. The molecule has 2 fully saturated rings. The average molecular weight is 239 g/mol. The van der Waals surface area contributed by atoms with E-state index in [1.807, 2.05) is 6.92 Å². The molecule has 2 aliphatic rings. The van der Waals surface area contributed by atoms with Gasteiger partial charge in [0.15, 0.2) is 0 Å². The molecule has 3 nitrogen and oxygen atoms in total. The maximum absolute atomic E-state index is 12.2. The fourth-order valence-corrected chi connectivity index (χ4v) is 2.86. The summed E-state index contributed by atoms with van der Waals surface area (Å²) >= 11 is 0. The predicted octanol–water partition coefficient (Wildman–Crippen LogP) is 2.64. The molecular weight excluding hydrogens is 214 g/mol. The van der Waals surface area contributed by atoms with Gasteiger partial charge in [0.25, 0.3) is 0 Å². The van der Waals surface area contributed by atoms with Gasteiger partial charge in [-0.25, -0.2) is 0 Å². The van der Waals surface area contributed by atoms with Gasteiger partial charge < -0.3 is 10.1 Å². The predicted molar refractivity (Wildman–Crippen MR) is 67.8 cm³/mol. The molecular formula is C14H25NO2. The third-order valence-electron chi connectivity index (χ3n) is 4.31. The van der Waals surface area contributed by atoms with Gasteiger partial charge in [-0.2, -0.15) is 0 Å². The molecule has 1 atom stereocenters. The van der Waals surface area contributed by atoms with Gasteiger partial charge in [-0.1, -0.05) is 6.92 Å². The van der Waals surface area contributed by atoms with E-state index in [0.717, 1.165) is 38.1 Å². The zero-order valence-corrected chi connectivity index (χ0v) is 11.1. The maximum Gasteiger partial charge on any atom is 0.326 e. The number of hydrogen-bond donors (Lipinski definition) is 1. The molecule has 0 amide bonds. The molecule has 1 unspecified atom stereocenters. The molecule has 0 bridgehead atoms. The molecule has 0 aromatic carbocycles. The molecule has 0 aromatic heterocycles. The van der Waals surface area contributed by atoms with E-state index in [4.69, 9.17) is 4.74 Å². The SMILES string of the molecule is CC1CCC(OC(=O)C2(C)CCCCN2)CC1. The summed E-state index contributed by atoms with van der Waals surface area (Å²) in [5.74, 6) is 0.769. The minimum atomic E-state index is -0.429. The lowest BCUT2D eigenvalue weighted by atomic mass is 9.88. The standard InChI is InChI=1S/C14H25NO2/c1-11-5-7-12(8-6-11)17-13(16)14(2)9-3-4-10-15-14/h11-12,15H,3-10H2,1-2H3. The highest BCUT2D eigenvalue weighted by atomic mass is 16.5. The van der Waals surface area contributed by atoms with Crippen LogP contribution in [0.15, 0.2) is 0 Å². The van der Waals surface area contributed by atoms with Gasteiger partial charge in [0.05, 0.1) is 0 Å². The van der Waals surface area contributed by atoms with Crippen LogP contribution in [0.1, 0.15) is 58.8 Å². The average Bonchev–Trinajstić information content (AvgIpc) is 2.33. The van der Waals surface area contributed by atoms with Crippen LogP contribution in [0.3, 0.4) is 0 Å². The van der Waals surface area contributed by atoms with Crippen LogP contribution >= 0.6 is 0 Å². The number of piperidine rings is 1. The summed E-state index contributed by atoms with van der Waals surface area (Å²) in [6.45, 7) is 5.20. The number of nitrogens with one attached hydrogen (secondary N) is 1. The van der Waals surface area contributed by atoms with Gasteiger partial charge in [-0.05, 0) is 64.3 Å². The second-order valence-corrected chi connectivity index (χ2v) is 6.00. The van der Waals surface area contributed by atoms with Crippen molar-refractivity contribution in [2.45, 2.75) is 70.4 Å². The molecule has 1 heterocycles. The normalized spacial score (nSPS) is 38.7. The highest BCUT2D eigenvalue weighted by Gasteiger charge is 2.37. The van der Waals surface area contributed by atoms with Crippen LogP contribution < -0.4 is 5.32 Å². The van der Waals surface area contributed by atoms with Crippen molar-refractivity contribution in [3.63, 3.8) is 0 Å². The fraction of sp³-hybridized carbons (Fsp3) is 0.929. The molecule has 1 aliphatic carbocycles. The summed E-state index contributed by atoms with van der Waals surface area (Å²) in [7, 11) is 0. The van der Waals surface area contributed by atoms with Crippen LogP contribution in [0.4, 0.5) is 0 Å². The van der Waals surface area contributed by atoms with Gasteiger partial charge in [-0.3, -0.25) is 4.79 Å². The third-order valence-corrected chi connectivity index (χ3v) is 4.31. The number of hydrogen-bond acceptors (Lipinski definition) is 3. The lowest BCUT2D eigenvalue weighted by molar-refractivity contribution is -0.159. The second kappa shape index (κ2) is 5.38. The first-order valence-electron chi connectivity index (χ1n) is 7.06. The molecule has 1 saturated heterocycles. The first-order valence-corrected chi connectivity index (χ1v) is 7.06. The van der Waals surface area contributed by atoms with Crippen LogP contribution in [-0.4, -0.2) is 24.2 Å². The van der Waals surface area contributed by atoms with E-state index < -0.39 is 5.54 Å². The molecule has 17 heavy (non-hydrogen) atoms. The zero-order valence-electron chi connectivity index (χ0n) is 11.1. The number of esters is 1. The number of carbonyl (C=O) groups is 1. The molecule has 3 heteroatoms. The van der Waals surface area contributed by atoms with Crippen molar-refractivity contribution in [3.8, 4) is 0 Å². The summed E-state index contributed by atoms with van der Waals surface area (Å²) in [5, 5.41) is 3.32. The Hall–Kier alpha value is -0.570. The first kappa shape index (κ1) is 12.9. The lowest BCUT2D eigenvalue weighted by Gasteiger charge is -2.35. The minimum absolute atomic E-state index is 0.0308. The van der Waals surface area contributed by atoms with Crippen LogP contribution in [0, 0.1) is 5.92 Å². The van der Waals surface area contributed by atoms with Gasteiger partial charge in [-0.15, -0.1) is 0 Å². The smallest absolute Gasteiger partial charge is 0.326 e. The van der Waals surface area contributed by atoms with Crippen molar-refractivity contribution < 1.29 is 9.53 Å². The topological polar surface area (TPSA) is 38.3 Å². The monoisotopic (exact) mass is 239 g/mol. The minimum Gasteiger partial charge on any atom is -0.461 e. The van der Waals surface area contributed by atoms with E-state index in [1.165, 1.54) is 19.3 Å². The van der Waals surface area contributed by atoms with Crippen molar-refractivity contribution in [3.05, 3.63) is 0 Å². The highest BCUT2D eigenvalue weighted by molar-refractivity contribution is 5.80. The molecule has 0 spiro atoms. The Labute approximate surface area is 104 Å². The Morgan fingerprint density at radius 1 is 1.24 bits per heavy atom. The Kier molecular flexibility index (Phi) is 4.08. The van der Waals surface area contributed by atoms with E-state index >= 15 is 0 Å². The van der Waals surface area contributed by atoms with Crippen molar-refractivity contribution in [1.82, 2.24) is 5.32 Å². The van der Waals surface area contributed by atoms with Crippen LogP contribution in [0.5, 0.6) is 0 Å². The van der Waals surface area contributed by atoms with Gasteiger partial charge >= 0.3 is 5.97 Å². The summed E-state index contributed by atoms with van der Waals surface area (Å²) < 4.78 is 5.68. The Bertz CT molecular complexity index is 263. The maximum atomic E-state index is 12.2. The summed E-state index contributed by atoms with van der Waals surface area (Å²) in [6.07, 6.45) is 7.86. The van der Waals surface area contributed by atoms with Gasteiger partial charge in [0.2, 0.25) is 0 Å². The fourth-order valence-electron chi connectivity index (χ4n) is 2.86. The zero-order chi connectivity index (χ0) is 12.3. The molecule has 1 N–H and O–H groups in total. The van der Waals surface area contributed by atoms with Gasteiger partial charge in [0, 0.05) is 0 Å². The van der Waals surface area contributed by atoms with Crippen molar-refractivity contribution in [2.24, 2.45) is 5.92 Å². The number of ether oxygens (including phenoxy) is 1. The number of carbonyl (C=O) groups excluding carboxylic acids is 1. The van der Waals surface area contributed by atoms with E-state index in [0.29, 0.717) is 0 Å². The molecule has 98 valence electrons. The highest BCUT2D eigenvalue weighted by Crippen LogP contribution is 2.28. The van der Waals surface area contributed by atoms with Crippen molar-refractivity contribution in [1.29, 1.82) is 0 Å². The largest absolute Gasteiger partial charge is 0.461 e. The van der Waals surface area contributed by atoms with E-state index in [-0.39, 0.29) is 12.1 Å². The van der Waals surface area contributed by atoms with E-state index in [9.17, 15) is 4.79 Å². The van der Waals surface area contributed by atoms with Gasteiger partial charge in [0.1, 0.15) is 11.6 Å².